The zero-order valence-corrected chi connectivity index (χ0v) is 13.5. The molecule has 1 rings (SSSR count). The average Bonchev–Trinajstić information content (AvgIpc) is 2.35. The summed E-state index contributed by atoms with van der Waals surface area (Å²) < 4.78 is 5.67. The summed E-state index contributed by atoms with van der Waals surface area (Å²) in [6.07, 6.45) is 2.14. The second-order valence-electron chi connectivity index (χ2n) is 4.96. The van der Waals surface area contributed by atoms with Gasteiger partial charge in [0.25, 0.3) is 0 Å². The van der Waals surface area contributed by atoms with Gasteiger partial charge in [-0.15, -0.1) is 0 Å². The van der Waals surface area contributed by atoms with Crippen LogP contribution in [0.2, 0.25) is 5.02 Å². The zero-order valence-electron chi connectivity index (χ0n) is 11.2. The van der Waals surface area contributed by atoms with Gasteiger partial charge in [-0.05, 0) is 36.3 Å². The van der Waals surface area contributed by atoms with Gasteiger partial charge in [0.05, 0.1) is 0 Å². The number of ether oxygens (including phenoxy) is 1. The number of hydrogen-bond donors (Lipinski definition) is 0. The van der Waals surface area contributed by atoms with E-state index in [-0.39, 0.29) is 0 Å². The molecule has 0 radical (unpaired) electrons. The minimum absolute atomic E-state index is 0.428. The molecule has 1 aromatic carbocycles. The summed E-state index contributed by atoms with van der Waals surface area (Å²) in [4.78, 5) is 0. The van der Waals surface area contributed by atoms with Crippen LogP contribution in [0.15, 0.2) is 24.3 Å². The molecular weight excluding hydrogens is 312 g/mol. The molecule has 0 saturated carbocycles. The molecule has 0 N–H and O–H groups in total. The van der Waals surface area contributed by atoms with E-state index in [1.54, 1.807) is 0 Å². The molecule has 0 amide bonds. The molecular formula is C15H22BrClO. The molecule has 0 aromatic heterocycles. The second-order valence-corrected chi connectivity index (χ2v) is 6.01. The largest absolute Gasteiger partial charge is 0.381 e. The van der Waals surface area contributed by atoms with Crippen molar-refractivity contribution in [3.63, 3.8) is 0 Å². The Labute approximate surface area is 124 Å². The fourth-order valence-electron chi connectivity index (χ4n) is 1.77. The van der Waals surface area contributed by atoms with Gasteiger partial charge < -0.3 is 4.74 Å². The normalized spacial score (nSPS) is 12.9. The van der Waals surface area contributed by atoms with Crippen LogP contribution >= 0.6 is 27.5 Å². The Morgan fingerprint density at radius 2 is 1.83 bits per heavy atom. The van der Waals surface area contributed by atoms with Crippen LogP contribution in [0.5, 0.6) is 0 Å². The molecule has 18 heavy (non-hydrogen) atoms. The van der Waals surface area contributed by atoms with Crippen molar-refractivity contribution >= 4 is 27.5 Å². The van der Waals surface area contributed by atoms with E-state index in [0.717, 1.165) is 36.4 Å². The number of rotatable bonds is 8. The summed E-state index contributed by atoms with van der Waals surface area (Å²) in [5.41, 5.74) is 1.21. The topological polar surface area (TPSA) is 9.23 Å². The van der Waals surface area contributed by atoms with Crippen molar-refractivity contribution in [1.29, 1.82) is 0 Å². The maximum Gasteiger partial charge on any atom is 0.0472 e. The predicted molar refractivity (Wildman–Crippen MR) is 82.9 cm³/mol. The molecule has 0 aliphatic heterocycles. The molecule has 102 valence electrons. The minimum Gasteiger partial charge on any atom is -0.381 e. The number of benzene rings is 1. The Balaban J connectivity index is 2.36. The fraction of sp³-hybridized carbons (Fsp3) is 0.600. The third-order valence-corrected chi connectivity index (χ3v) is 4.11. The van der Waals surface area contributed by atoms with Gasteiger partial charge in [-0.25, -0.2) is 0 Å². The van der Waals surface area contributed by atoms with E-state index in [2.05, 4.69) is 35.8 Å². The van der Waals surface area contributed by atoms with Gasteiger partial charge in [-0.2, -0.15) is 0 Å². The van der Waals surface area contributed by atoms with Crippen molar-refractivity contribution in [2.75, 3.05) is 18.5 Å². The van der Waals surface area contributed by atoms with E-state index >= 15 is 0 Å². The molecule has 0 heterocycles. The lowest BCUT2D eigenvalue weighted by molar-refractivity contribution is 0.118. The monoisotopic (exact) mass is 332 g/mol. The first-order valence-corrected chi connectivity index (χ1v) is 8.03. The summed E-state index contributed by atoms with van der Waals surface area (Å²) >= 11 is 9.78. The number of alkyl halides is 1. The van der Waals surface area contributed by atoms with E-state index in [1.165, 1.54) is 5.56 Å². The Bertz CT molecular complexity index is 341. The number of hydrogen-bond acceptors (Lipinski definition) is 1. The van der Waals surface area contributed by atoms with Crippen molar-refractivity contribution in [1.82, 2.24) is 0 Å². The van der Waals surface area contributed by atoms with E-state index in [9.17, 15) is 0 Å². The highest BCUT2D eigenvalue weighted by molar-refractivity contribution is 9.09. The van der Waals surface area contributed by atoms with Crippen molar-refractivity contribution in [2.45, 2.75) is 32.6 Å². The molecule has 3 heteroatoms. The highest BCUT2D eigenvalue weighted by atomic mass is 79.9. The second kappa shape index (κ2) is 8.95. The quantitative estimate of drug-likeness (QED) is 0.465. The van der Waals surface area contributed by atoms with E-state index in [1.807, 2.05) is 18.2 Å². The summed E-state index contributed by atoms with van der Waals surface area (Å²) in [7, 11) is 0. The van der Waals surface area contributed by atoms with Gasteiger partial charge in [0.2, 0.25) is 0 Å². The first-order valence-electron chi connectivity index (χ1n) is 6.53. The van der Waals surface area contributed by atoms with Gasteiger partial charge in [0.1, 0.15) is 0 Å². The van der Waals surface area contributed by atoms with Crippen LogP contribution in [0.1, 0.15) is 38.2 Å². The SMILES string of the molecule is CC(C)CCOCCC(CBr)c1ccccc1Cl. The maximum atomic E-state index is 6.22. The minimum atomic E-state index is 0.428. The first kappa shape index (κ1) is 16.0. The molecule has 1 nitrogen and oxygen atoms in total. The summed E-state index contributed by atoms with van der Waals surface area (Å²) in [6, 6.07) is 8.06. The highest BCUT2D eigenvalue weighted by Gasteiger charge is 2.12. The number of halogens is 2. The third-order valence-electron chi connectivity index (χ3n) is 2.98. The van der Waals surface area contributed by atoms with Crippen molar-refractivity contribution in [3.05, 3.63) is 34.9 Å². The average molecular weight is 334 g/mol. The van der Waals surface area contributed by atoms with Crippen LogP contribution in [0.4, 0.5) is 0 Å². The van der Waals surface area contributed by atoms with Crippen LogP contribution in [-0.2, 0) is 4.74 Å². The summed E-state index contributed by atoms with van der Waals surface area (Å²) in [5.74, 6) is 1.14. The van der Waals surface area contributed by atoms with Gasteiger partial charge in [-0.1, -0.05) is 59.6 Å². The Morgan fingerprint density at radius 1 is 1.17 bits per heavy atom. The fourth-order valence-corrected chi connectivity index (χ4v) is 2.73. The Morgan fingerprint density at radius 3 is 2.44 bits per heavy atom. The standard InChI is InChI=1S/C15H22BrClO/c1-12(2)7-9-18-10-8-13(11-16)14-5-3-4-6-15(14)17/h3-6,12-13H,7-11H2,1-2H3. The predicted octanol–water partition coefficient (Wildman–Crippen LogP) is 5.27. The van der Waals surface area contributed by atoms with Gasteiger partial charge >= 0.3 is 0 Å². The van der Waals surface area contributed by atoms with Crippen molar-refractivity contribution in [2.24, 2.45) is 5.92 Å². The molecule has 1 unspecified atom stereocenters. The van der Waals surface area contributed by atoms with Gasteiger partial charge in [0, 0.05) is 23.6 Å². The van der Waals surface area contributed by atoms with Crippen LogP contribution in [-0.4, -0.2) is 18.5 Å². The molecule has 0 spiro atoms. The molecule has 1 atom stereocenters. The highest BCUT2D eigenvalue weighted by Crippen LogP contribution is 2.28. The summed E-state index contributed by atoms with van der Waals surface area (Å²) in [5, 5.41) is 1.77. The lowest BCUT2D eigenvalue weighted by Crippen LogP contribution is -2.07. The molecule has 0 aliphatic rings. The molecule has 0 saturated heterocycles. The van der Waals surface area contributed by atoms with Crippen molar-refractivity contribution in [3.8, 4) is 0 Å². The van der Waals surface area contributed by atoms with Crippen molar-refractivity contribution < 1.29 is 4.74 Å². The smallest absolute Gasteiger partial charge is 0.0472 e. The molecule has 0 aliphatic carbocycles. The van der Waals surface area contributed by atoms with E-state index < -0.39 is 0 Å². The van der Waals surface area contributed by atoms with E-state index in [0.29, 0.717) is 11.8 Å². The lowest BCUT2D eigenvalue weighted by Gasteiger charge is -2.16. The zero-order chi connectivity index (χ0) is 13.4. The molecule has 0 fully saturated rings. The summed E-state index contributed by atoms with van der Waals surface area (Å²) in [6.45, 7) is 6.09. The molecule has 1 aromatic rings. The molecule has 0 bridgehead atoms. The van der Waals surface area contributed by atoms with Crippen LogP contribution < -0.4 is 0 Å². The van der Waals surface area contributed by atoms with Crippen LogP contribution in [0, 0.1) is 5.92 Å². The Hall–Kier alpha value is -0.0500. The Kier molecular flexibility index (Phi) is 7.96. The maximum absolute atomic E-state index is 6.22. The van der Waals surface area contributed by atoms with Gasteiger partial charge in [0.15, 0.2) is 0 Å². The van der Waals surface area contributed by atoms with Gasteiger partial charge in [-0.3, -0.25) is 0 Å². The first-order chi connectivity index (χ1) is 8.65. The van der Waals surface area contributed by atoms with E-state index in [4.69, 9.17) is 16.3 Å². The third kappa shape index (κ3) is 5.73. The van der Waals surface area contributed by atoms with Crippen LogP contribution in [0.3, 0.4) is 0 Å². The lowest BCUT2D eigenvalue weighted by atomic mass is 9.98. The van der Waals surface area contributed by atoms with Crippen LogP contribution in [0.25, 0.3) is 0 Å².